The van der Waals surface area contributed by atoms with Crippen molar-refractivity contribution in [1.29, 1.82) is 0 Å². The molecular formula is C10H6N2O3S2. The Morgan fingerprint density at radius 1 is 1.35 bits per heavy atom. The van der Waals surface area contributed by atoms with E-state index < -0.39 is 10.9 Å². The third-order valence-corrected chi connectivity index (χ3v) is 3.32. The van der Waals surface area contributed by atoms with Crippen LogP contribution in [0.2, 0.25) is 0 Å². The van der Waals surface area contributed by atoms with Crippen molar-refractivity contribution in [3.05, 3.63) is 50.9 Å². The minimum absolute atomic E-state index is 0.0535. The molecule has 0 N–H and O–H groups in total. The van der Waals surface area contributed by atoms with E-state index in [0.717, 1.165) is 17.3 Å². The van der Waals surface area contributed by atoms with Gasteiger partial charge in [0.2, 0.25) is 4.32 Å². The molecule has 0 aliphatic carbocycles. The van der Waals surface area contributed by atoms with Crippen molar-refractivity contribution in [2.75, 3.05) is 0 Å². The topological polar surface area (TPSA) is 63.5 Å². The third-order valence-electron chi connectivity index (χ3n) is 2.03. The molecule has 17 heavy (non-hydrogen) atoms. The first-order chi connectivity index (χ1) is 8.09. The standard InChI is InChI=1S/C10H6N2O3S2/c13-9-8(6-7-4-2-1-3-5-7)17-10(16)11(9)12(14)15/h1-6H. The molecule has 0 spiro atoms. The van der Waals surface area contributed by atoms with Crippen molar-refractivity contribution >= 4 is 40.3 Å². The number of hydrazine groups is 1. The van der Waals surface area contributed by atoms with Crippen LogP contribution in [0.25, 0.3) is 6.08 Å². The van der Waals surface area contributed by atoms with E-state index in [0.29, 0.717) is 5.01 Å². The summed E-state index contributed by atoms with van der Waals surface area (Å²) in [5, 5.41) is 10.2. The highest BCUT2D eigenvalue weighted by molar-refractivity contribution is 8.26. The highest BCUT2D eigenvalue weighted by atomic mass is 32.2. The molecule has 5 nitrogen and oxygen atoms in total. The van der Waals surface area contributed by atoms with Crippen LogP contribution in [0.5, 0.6) is 0 Å². The molecule has 0 radical (unpaired) electrons. The monoisotopic (exact) mass is 266 g/mol. The normalized spacial score (nSPS) is 17.9. The number of nitro groups is 1. The van der Waals surface area contributed by atoms with Gasteiger partial charge in [-0.05, 0) is 40.6 Å². The van der Waals surface area contributed by atoms with Gasteiger partial charge in [-0.25, -0.2) is 10.1 Å². The van der Waals surface area contributed by atoms with Crippen LogP contribution in [-0.4, -0.2) is 20.3 Å². The molecule has 1 amide bonds. The van der Waals surface area contributed by atoms with E-state index in [9.17, 15) is 14.9 Å². The predicted molar refractivity (Wildman–Crippen MR) is 68.4 cm³/mol. The van der Waals surface area contributed by atoms with Gasteiger partial charge >= 0.3 is 5.91 Å². The predicted octanol–water partition coefficient (Wildman–Crippen LogP) is 2.08. The van der Waals surface area contributed by atoms with Crippen molar-refractivity contribution in [1.82, 2.24) is 5.01 Å². The minimum Gasteiger partial charge on any atom is -0.262 e. The molecule has 86 valence electrons. The van der Waals surface area contributed by atoms with Gasteiger partial charge in [0, 0.05) is 0 Å². The molecule has 0 aromatic heterocycles. The zero-order chi connectivity index (χ0) is 12.4. The molecule has 1 aromatic rings. The van der Waals surface area contributed by atoms with Crippen molar-refractivity contribution in [2.45, 2.75) is 0 Å². The van der Waals surface area contributed by atoms with Crippen molar-refractivity contribution in [3.63, 3.8) is 0 Å². The van der Waals surface area contributed by atoms with Crippen LogP contribution in [0.3, 0.4) is 0 Å². The Balaban J connectivity index is 2.31. The number of thiocarbonyl (C=S) groups is 1. The second-order valence-electron chi connectivity index (χ2n) is 3.14. The molecule has 0 saturated carbocycles. The lowest BCUT2D eigenvalue weighted by Gasteiger charge is -1.99. The molecule has 2 rings (SSSR count). The van der Waals surface area contributed by atoms with E-state index >= 15 is 0 Å². The molecular weight excluding hydrogens is 260 g/mol. The summed E-state index contributed by atoms with van der Waals surface area (Å²) in [5.41, 5.74) is 0.802. The summed E-state index contributed by atoms with van der Waals surface area (Å²) in [6.45, 7) is 0. The maximum atomic E-state index is 11.7. The third kappa shape index (κ3) is 2.34. The quantitative estimate of drug-likeness (QED) is 0.355. The highest BCUT2D eigenvalue weighted by Gasteiger charge is 2.40. The largest absolute Gasteiger partial charge is 0.328 e. The molecule has 1 saturated heterocycles. The SMILES string of the molecule is O=C1C(=Cc2ccccc2)SC(=S)N1[N+](=O)[O-]. The van der Waals surface area contributed by atoms with E-state index in [1.165, 1.54) is 0 Å². The van der Waals surface area contributed by atoms with E-state index in [-0.39, 0.29) is 9.23 Å². The number of thioether (sulfide) groups is 1. The van der Waals surface area contributed by atoms with Gasteiger partial charge in [-0.3, -0.25) is 4.79 Å². The zero-order valence-corrected chi connectivity index (χ0v) is 10.0. The lowest BCUT2D eigenvalue weighted by atomic mass is 10.2. The summed E-state index contributed by atoms with van der Waals surface area (Å²) in [6.07, 6.45) is 1.59. The lowest BCUT2D eigenvalue weighted by Crippen LogP contribution is -2.33. The summed E-state index contributed by atoms with van der Waals surface area (Å²) in [7, 11) is 0. The van der Waals surface area contributed by atoms with Gasteiger partial charge in [-0.15, -0.1) is 0 Å². The number of nitrogens with zero attached hydrogens (tertiary/aromatic N) is 2. The van der Waals surface area contributed by atoms with Crippen LogP contribution in [0.1, 0.15) is 5.56 Å². The van der Waals surface area contributed by atoms with Gasteiger partial charge in [0.15, 0.2) is 5.03 Å². The maximum absolute atomic E-state index is 11.7. The molecule has 7 heteroatoms. The summed E-state index contributed by atoms with van der Waals surface area (Å²) in [5.74, 6) is -0.686. The molecule has 1 aliphatic rings. The number of rotatable bonds is 2. The number of carbonyl (C=O) groups is 1. The molecule has 0 bridgehead atoms. The molecule has 1 aliphatic heterocycles. The average molecular weight is 266 g/mol. The van der Waals surface area contributed by atoms with Crippen LogP contribution >= 0.6 is 24.0 Å². The molecule has 0 atom stereocenters. The molecule has 0 unspecified atom stereocenters. The van der Waals surface area contributed by atoms with Crippen LogP contribution in [0.15, 0.2) is 35.2 Å². The Morgan fingerprint density at radius 2 is 2.00 bits per heavy atom. The van der Waals surface area contributed by atoms with E-state index in [2.05, 4.69) is 0 Å². The number of carbonyl (C=O) groups excluding carboxylic acids is 1. The second kappa shape index (κ2) is 4.64. The van der Waals surface area contributed by atoms with Gasteiger partial charge in [-0.2, -0.15) is 0 Å². The van der Waals surface area contributed by atoms with Gasteiger partial charge < -0.3 is 0 Å². The fraction of sp³-hybridized carbons (Fsp3) is 0. The van der Waals surface area contributed by atoms with Gasteiger partial charge in [0.05, 0.1) is 4.91 Å². The van der Waals surface area contributed by atoms with Crippen molar-refractivity contribution in [3.8, 4) is 0 Å². The van der Waals surface area contributed by atoms with Crippen LogP contribution in [-0.2, 0) is 4.79 Å². The van der Waals surface area contributed by atoms with Crippen molar-refractivity contribution in [2.24, 2.45) is 0 Å². The lowest BCUT2D eigenvalue weighted by molar-refractivity contribution is -0.606. The Morgan fingerprint density at radius 3 is 2.53 bits per heavy atom. The summed E-state index contributed by atoms with van der Waals surface area (Å²) >= 11 is 5.70. The van der Waals surface area contributed by atoms with E-state index in [1.54, 1.807) is 18.2 Å². The van der Waals surface area contributed by atoms with Gasteiger partial charge in [0.1, 0.15) is 0 Å². The smallest absolute Gasteiger partial charge is 0.262 e. The first-order valence-corrected chi connectivity index (χ1v) is 5.79. The first kappa shape index (κ1) is 11.7. The summed E-state index contributed by atoms with van der Waals surface area (Å²) in [6, 6.07) is 9.09. The zero-order valence-electron chi connectivity index (χ0n) is 8.40. The number of hydrogen-bond acceptors (Lipinski definition) is 5. The fourth-order valence-corrected chi connectivity index (χ4v) is 2.51. The number of hydrogen-bond donors (Lipinski definition) is 0. The van der Waals surface area contributed by atoms with Gasteiger partial charge in [-0.1, -0.05) is 30.3 Å². The molecule has 1 heterocycles. The number of amides is 1. The van der Waals surface area contributed by atoms with Crippen molar-refractivity contribution < 1.29 is 9.83 Å². The Labute approximate surface area is 106 Å². The van der Waals surface area contributed by atoms with Crippen LogP contribution < -0.4 is 0 Å². The van der Waals surface area contributed by atoms with E-state index in [4.69, 9.17) is 12.2 Å². The maximum Gasteiger partial charge on any atom is 0.328 e. The summed E-state index contributed by atoms with van der Waals surface area (Å²) < 4.78 is -0.0535. The first-order valence-electron chi connectivity index (χ1n) is 4.57. The second-order valence-corrected chi connectivity index (χ2v) is 4.82. The highest BCUT2D eigenvalue weighted by Crippen LogP contribution is 2.32. The van der Waals surface area contributed by atoms with Crippen LogP contribution in [0.4, 0.5) is 0 Å². The molecule has 1 aromatic carbocycles. The molecule has 1 fully saturated rings. The Hall–Kier alpha value is -1.73. The minimum atomic E-state index is -0.802. The number of benzene rings is 1. The Kier molecular flexibility index (Phi) is 3.21. The Bertz CT molecular complexity index is 528. The fourth-order valence-electron chi connectivity index (χ4n) is 1.30. The average Bonchev–Trinajstić information content (AvgIpc) is 2.55. The summed E-state index contributed by atoms with van der Waals surface area (Å²) in [4.78, 5) is 22.5. The van der Waals surface area contributed by atoms with E-state index in [1.807, 2.05) is 18.2 Å². The van der Waals surface area contributed by atoms with Gasteiger partial charge in [0.25, 0.3) is 0 Å². The van der Waals surface area contributed by atoms with Crippen LogP contribution in [0, 0.1) is 10.1 Å².